The number of hydrogen-bond acceptors (Lipinski definition) is 3. The molecule has 0 amide bonds. The van der Waals surface area contributed by atoms with Gasteiger partial charge in [0.15, 0.2) is 0 Å². The van der Waals surface area contributed by atoms with E-state index in [1.54, 1.807) is 13.2 Å². The molecule has 116 valence electrons. The zero-order chi connectivity index (χ0) is 16.3. The lowest BCUT2D eigenvalue weighted by molar-refractivity contribution is 0.420. The topological polar surface area (TPSA) is 42.6 Å². The number of phenols is 1. The molecule has 4 aromatic carbocycles. The summed E-state index contributed by atoms with van der Waals surface area (Å²) in [6.45, 7) is 0. The maximum absolute atomic E-state index is 10.3. The van der Waals surface area contributed by atoms with Crippen molar-refractivity contribution in [3.05, 3.63) is 60.7 Å². The predicted octanol–water partition coefficient (Wildman–Crippen LogP) is 5.61. The summed E-state index contributed by atoms with van der Waals surface area (Å²) in [6.07, 6.45) is 0. The molecule has 0 bridgehead atoms. The number of methoxy groups -OCH3 is 1. The molecular weight excluding hydrogens is 300 g/mol. The molecule has 0 unspecified atom stereocenters. The SMILES string of the molecule is COc1cc2c(oc3cc(O)c4ccccc4c32)c2ccccc12. The van der Waals surface area contributed by atoms with Crippen molar-refractivity contribution in [2.24, 2.45) is 0 Å². The summed E-state index contributed by atoms with van der Waals surface area (Å²) in [6, 6.07) is 19.6. The Hall–Kier alpha value is -3.20. The minimum Gasteiger partial charge on any atom is -0.507 e. The molecule has 0 saturated heterocycles. The highest BCUT2D eigenvalue weighted by molar-refractivity contribution is 6.24. The fourth-order valence-electron chi connectivity index (χ4n) is 3.58. The van der Waals surface area contributed by atoms with Gasteiger partial charge in [0.2, 0.25) is 0 Å². The van der Waals surface area contributed by atoms with Gasteiger partial charge in [-0.2, -0.15) is 0 Å². The van der Waals surface area contributed by atoms with Crippen LogP contribution < -0.4 is 4.74 Å². The van der Waals surface area contributed by atoms with Gasteiger partial charge < -0.3 is 14.3 Å². The molecule has 3 heteroatoms. The van der Waals surface area contributed by atoms with Crippen molar-refractivity contribution in [2.45, 2.75) is 0 Å². The van der Waals surface area contributed by atoms with Crippen molar-refractivity contribution < 1.29 is 14.3 Å². The normalized spacial score (nSPS) is 11.7. The van der Waals surface area contributed by atoms with E-state index in [1.807, 2.05) is 54.6 Å². The first-order valence-electron chi connectivity index (χ1n) is 7.80. The highest BCUT2D eigenvalue weighted by Crippen LogP contribution is 2.43. The molecule has 24 heavy (non-hydrogen) atoms. The number of ether oxygens (including phenoxy) is 1. The molecule has 1 N–H and O–H groups in total. The summed E-state index contributed by atoms with van der Waals surface area (Å²) in [5, 5.41) is 16.1. The van der Waals surface area contributed by atoms with Crippen molar-refractivity contribution in [2.75, 3.05) is 7.11 Å². The standard InChI is InChI=1S/C21H14O3/c1-23-18-10-16-20-14-8-4-2-6-12(14)17(22)11-19(20)24-21(16)15-9-5-3-7-13(15)18/h2-11,22H,1H3. The van der Waals surface area contributed by atoms with E-state index in [9.17, 15) is 5.11 Å². The maximum atomic E-state index is 10.3. The third-order valence-corrected chi connectivity index (χ3v) is 4.65. The summed E-state index contributed by atoms with van der Waals surface area (Å²) in [5.41, 5.74) is 1.50. The maximum Gasteiger partial charge on any atom is 0.143 e. The molecule has 0 aliphatic rings. The lowest BCUT2D eigenvalue weighted by Gasteiger charge is -2.06. The summed E-state index contributed by atoms with van der Waals surface area (Å²) in [5.74, 6) is 1.05. The van der Waals surface area contributed by atoms with E-state index in [1.165, 1.54) is 0 Å². The van der Waals surface area contributed by atoms with Crippen molar-refractivity contribution in [3.8, 4) is 11.5 Å². The summed E-state index contributed by atoms with van der Waals surface area (Å²) in [7, 11) is 1.68. The van der Waals surface area contributed by atoms with Crippen LogP contribution in [0.5, 0.6) is 11.5 Å². The molecule has 5 aromatic rings. The largest absolute Gasteiger partial charge is 0.507 e. The number of hydrogen-bond donors (Lipinski definition) is 1. The average molecular weight is 314 g/mol. The van der Waals surface area contributed by atoms with Crippen LogP contribution in [0, 0.1) is 0 Å². The second-order valence-electron chi connectivity index (χ2n) is 5.92. The molecule has 0 aliphatic carbocycles. The van der Waals surface area contributed by atoms with Crippen LogP contribution in [-0.4, -0.2) is 12.2 Å². The van der Waals surface area contributed by atoms with Gasteiger partial charge >= 0.3 is 0 Å². The van der Waals surface area contributed by atoms with E-state index in [0.29, 0.717) is 5.58 Å². The Morgan fingerprint density at radius 2 is 1.46 bits per heavy atom. The highest BCUT2D eigenvalue weighted by atomic mass is 16.5. The second-order valence-corrected chi connectivity index (χ2v) is 5.92. The Bertz CT molecular complexity index is 1250. The number of aromatic hydroxyl groups is 1. The first-order valence-corrected chi connectivity index (χ1v) is 7.80. The van der Waals surface area contributed by atoms with Gasteiger partial charge in [-0.15, -0.1) is 0 Å². The third-order valence-electron chi connectivity index (χ3n) is 4.65. The lowest BCUT2D eigenvalue weighted by atomic mass is 10.0. The van der Waals surface area contributed by atoms with Crippen LogP contribution >= 0.6 is 0 Å². The van der Waals surface area contributed by atoms with E-state index in [0.717, 1.165) is 43.6 Å². The van der Waals surface area contributed by atoms with Gasteiger partial charge in [0.05, 0.1) is 7.11 Å². The van der Waals surface area contributed by atoms with Crippen molar-refractivity contribution in [1.82, 2.24) is 0 Å². The Morgan fingerprint density at radius 1 is 0.792 bits per heavy atom. The fourth-order valence-corrected chi connectivity index (χ4v) is 3.58. The first-order chi connectivity index (χ1) is 11.8. The van der Waals surface area contributed by atoms with E-state index in [2.05, 4.69) is 0 Å². The minimum atomic E-state index is 0.230. The lowest BCUT2D eigenvalue weighted by Crippen LogP contribution is -1.85. The van der Waals surface area contributed by atoms with Gasteiger partial charge in [-0.05, 0) is 11.5 Å². The molecule has 0 aliphatic heterocycles. The van der Waals surface area contributed by atoms with E-state index in [4.69, 9.17) is 9.15 Å². The molecule has 0 atom stereocenters. The molecule has 0 spiro atoms. The number of fused-ring (bicyclic) bond motifs is 7. The molecule has 5 rings (SSSR count). The van der Waals surface area contributed by atoms with Crippen LogP contribution in [0.15, 0.2) is 65.1 Å². The van der Waals surface area contributed by atoms with Crippen molar-refractivity contribution in [1.29, 1.82) is 0 Å². The van der Waals surface area contributed by atoms with Gasteiger partial charge in [0, 0.05) is 33.0 Å². The first kappa shape index (κ1) is 13.3. The van der Waals surface area contributed by atoms with Crippen molar-refractivity contribution in [3.63, 3.8) is 0 Å². The van der Waals surface area contributed by atoms with Crippen LogP contribution in [0.4, 0.5) is 0 Å². The molecule has 1 aromatic heterocycles. The highest BCUT2D eigenvalue weighted by Gasteiger charge is 2.17. The molecule has 0 saturated carbocycles. The monoisotopic (exact) mass is 314 g/mol. The summed E-state index contributed by atoms with van der Waals surface area (Å²) in [4.78, 5) is 0. The number of rotatable bonds is 1. The van der Waals surface area contributed by atoms with Crippen LogP contribution in [0.1, 0.15) is 0 Å². The Morgan fingerprint density at radius 3 is 2.21 bits per heavy atom. The predicted molar refractivity (Wildman–Crippen MR) is 96.9 cm³/mol. The van der Waals surface area contributed by atoms with Gasteiger partial charge in [-0.25, -0.2) is 0 Å². The van der Waals surface area contributed by atoms with Gasteiger partial charge in [-0.3, -0.25) is 0 Å². The van der Waals surface area contributed by atoms with Crippen molar-refractivity contribution >= 4 is 43.5 Å². The second kappa shape index (κ2) is 4.65. The van der Waals surface area contributed by atoms with Crippen LogP contribution in [-0.2, 0) is 0 Å². The number of benzene rings is 4. The van der Waals surface area contributed by atoms with Gasteiger partial charge in [-0.1, -0.05) is 48.5 Å². The van der Waals surface area contributed by atoms with E-state index >= 15 is 0 Å². The average Bonchev–Trinajstić information content (AvgIpc) is 2.99. The minimum absolute atomic E-state index is 0.230. The molecular formula is C21H14O3. The number of phenolic OH excluding ortho intramolecular Hbond substituents is 1. The zero-order valence-corrected chi connectivity index (χ0v) is 13.0. The Balaban J connectivity index is 2.11. The third kappa shape index (κ3) is 1.61. The van der Waals surface area contributed by atoms with Gasteiger partial charge in [0.1, 0.15) is 22.7 Å². The summed E-state index contributed by atoms with van der Waals surface area (Å²) >= 11 is 0. The molecule has 0 fully saturated rings. The number of furan rings is 1. The van der Waals surface area contributed by atoms with Crippen LogP contribution in [0.2, 0.25) is 0 Å². The molecule has 3 nitrogen and oxygen atoms in total. The Kier molecular flexibility index (Phi) is 2.57. The quantitative estimate of drug-likeness (QED) is 0.437. The van der Waals surface area contributed by atoms with E-state index in [-0.39, 0.29) is 5.75 Å². The fraction of sp³-hybridized carbons (Fsp3) is 0.0476. The summed E-state index contributed by atoms with van der Waals surface area (Å²) < 4.78 is 11.7. The van der Waals surface area contributed by atoms with Crippen LogP contribution in [0.25, 0.3) is 43.5 Å². The zero-order valence-electron chi connectivity index (χ0n) is 13.0. The molecule has 1 heterocycles. The molecule has 0 radical (unpaired) electrons. The van der Waals surface area contributed by atoms with E-state index < -0.39 is 0 Å². The van der Waals surface area contributed by atoms with Crippen LogP contribution in [0.3, 0.4) is 0 Å². The smallest absolute Gasteiger partial charge is 0.143 e. The van der Waals surface area contributed by atoms with Gasteiger partial charge in [0.25, 0.3) is 0 Å². The Labute approximate surface area is 137 Å².